The van der Waals surface area contributed by atoms with Crippen molar-refractivity contribution in [1.82, 2.24) is 4.57 Å². The Bertz CT molecular complexity index is 360. The summed E-state index contributed by atoms with van der Waals surface area (Å²) in [5, 5.41) is 0. The minimum atomic E-state index is 0.135. The Morgan fingerprint density at radius 2 is 2.08 bits per heavy atom. The number of carbonyl (C=O) groups excluding carboxylic acids is 1. The van der Waals surface area contributed by atoms with Crippen molar-refractivity contribution in [2.24, 2.45) is 12.5 Å². The largest absolute Gasteiger partial charge is 0.354 e. The Morgan fingerprint density at radius 1 is 1.38 bits per heavy atom. The second kappa shape index (κ2) is 2.47. The lowest BCUT2D eigenvalue weighted by Crippen LogP contribution is -2.27. The highest BCUT2D eigenvalue weighted by Gasteiger charge is 2.32. The van der Waals surface area contributed by atoms with Crippen molar-refractivity contribution >= 4 is 5.78 Å². The van der Waals surface area contributed by atoms with E-state index in [9.17, 15) is 4.79 Å². The zero-order chi connectivity index (χ0) is 9.64. The molecule has 2 nitrogen and oxygen atoms in total. The van der Waals surface area contributed by atoms with E-state index in [1.807, 2.05) is 19.3 Å². The average Bonchev–Trinajstić information content (AvgIpc) is 2.30. The Labute approximate surface area is 78.6 Å². The van der Waals surface area contributed by atoms with Gasteiger partial charge in [-0.05, 0) is 17.9 Å². The summed E-state index contributed by atoms with van der Waals surface area (Å²) in [6.07, 6.45) is 3.67. The van der Waals surface area contributed by atoms with Crippen LogP contribution in [0.4, 0.5) is 0 Å². The van der Waals surface area contributed by atoms with Crippen LogP contribution in [0.2, 0.25) is 0 Å². The first-order valence-electron chi connectivity index (χ1n) is 4.67. The molecule has 1 heterocycles. The Kier molecular flexibility index (Phi) is 1.62. The van der Waals surface area contributed by atoms with Crippen molar-refractivity contribution in [3.8, 4) is 0 Å². The molecule has 0 fully saturated rings. The summed E-state index contributed by atoms with van der Waals surface area (Å²) in [6, 6.07) is 1.94. The van der Waals surface area contributed by atoms with Gasteiger partial charge >= 0.3 is 0 Å². The highest BCUT2D eigenvalue weighted by atomic mass is 16.1. The van der Waals surface area contributed by atoms with Crippen LogP contribution in [-0.2, 0) is 13.5 Å². The highest BCUT2D eigenvalue weighted by Crippen LogP contribution is 2.34. The molecule has 70 valence electrons. The average molecular weight is 177 g/mol. The van der Waals surface area contributed by atoms with Gasteiger partial charge in [-0.1, -0.05) is 13.8 Å². The number of nitrogens with zero attached hydrogens (tertiary/aromatic N) is 1. The van der Waals surface area contributed by atoms with Crippen LogP contribution < -0.4 is 0 Å². The van der Waals surface area contributed by atoms with Gasteiger partial charge in [0.2, 0.25) is 0 Å². The highest BCUT2D eigenvalue weighted by molar-refractivity contribution is 5.98. The van der Waals surface area contributed by atoms with Gasteiger partial charge in [-0.3, -0.25) is 4.79 Å². The van der Waals surface area contributed by atoms with E-state index in [1.165, 1.54) is 5.69 Å². The van der Waals surface area contributed by atoms with Gasteiger partial charge in [-0.25, -0.2) is 0 Å². The summed E-state index contributed by atoms with van der Waals surface area (Å²) in [5.41, 5.74) is 2.26. The van der Waals surface area contributed by atoms with Crippen molar-refractivity contribution in [3.63, 3.8) is 0 Å². The Balaban J connectivity index is 2.51. The van der Waals surface area contributed by atoms with Crippen LogP contribution in [0.15, 0.2) is 12.3 Å². The molecule has 2 rings (SSSR count). The van der Waals surface area contributed by atoms with E-state index >= 15 is 0 Å². The van der Waals surface area contributed by atoms with Gasteiger partial charge in [-0.2, -0.15) is 0 Å². The summed E-state index contributed by atoms with van der Waals surface area (Å²) in [5.74, 6) is 0.298. The zero-order valence-electron chi connectivity index (χ0n) is 8.42. The molecule has 0 saturated carbocycles. The van der Waals surface area contributed by atoms with Gasteiger partial charge < -0.3 is 4.57 Å². The first kappa shape index (κ1) is 8.54. The number of hydrogen-bond acceptors (Lipinski definition) is 1. The molecule has 0 radical (unpaired) electrons. The van der Waals surface area contributed by atoms with E-state index in [0.29, 0.717) is 12.2 Å². The molecule has 2 heteroatoms. The number of aromatic nitrogens is 1. The monoisotopic (exact) mass is 177 g/mol. The molecule has 1 aliphatic rings. The number of aryl methyl sites for hydroxylation is 1. The van der Waals surface area contributed by atoms with Crippen molar-refractivity contribution in [1.29, 1.82) is 0 Å². The van der Waals surface area contributed by atoms with E-state index in [1.54, 1.807) is 0 Å². The van der Waals surface area contributed by atoms with Gasteiger partial charge in [0.05, 0.1) is 0 Å². The number of carbonyl (C=O) groups is 1. The molecule has 1 aromatic heterocycles. The summed E-state index contributed by atoms with van der Waals surface area (Å²) in [6.45, 7) is 4.31. The Hall–Kier alpha value is -1.05. The molecule has 1 aromatic rings. The topological polar surface area (TPSA) is 22.0 Å². The SMILES string of the molecule is Cn1ccc2c1CC(C)(C)CC2=O. The molecule has 0 bridgehead atoms. The molecule has 0 atom stereocenters. The van der Waals surface area contributed by atoms with Gasteiger partial charge in [0.25, 0.3) is 0 Å². The first-order valence-corrected chi connectivity index (χ1v) is 4.67. The smallest absolute Gasteiger partial charge is 0.165 e. The maximum atomic E-state index is 11.7. The lowest BCUT2D eigenvalue weighted by atomic mass is 9.76. The maximum Gasteiger partial charge on any atom is 0.165 e. The second-order valence-electron chi connectivity index (χ2n) is 4.73. The molecule has 0 saturated heterocycles. The minimum Gasteiger partial charge on any atom is -0.354 e. The lowest BCUT2D eigenvalue weighted by molar-refractivity contribution is 0.0910. The van der Waals surface area contributed by atoms with Crippen LogP contribution >= 0.6 is 0 Å². The molecule has 0 aliphatic heterocycles. The zero-order valence-corrected chi connectivity index (χ0v) is 8.42. The van der Waals surface area contributed by atoms with E-state index in [4.69, 9.17) is 0 Å². The predicted octanol–water partition coefficient (Wildman–Crippen LogP) is 2.18. The van der Waals surface area contributed by atoms with E-state index in [-0.39, 0.29) is 5.41 Å². The number of ketones is 1. The van der Waals surface area contributed by atoms with Crippen LogP contribution in [0, 0.1) is 5.41 Å². The van der Waals surface area contributed by atoms with Crippen LogP contribution in [0.5, 0.6) is 0 Å². The number of rotatable bonds is 0. The van der Waals surface area contributed by atoms with Crippen molar-refractivity contribution in [2.75, 3.05) is 0 Å². The fraction of sp³-hybridized carbons (Fsp3) is 0.545. The molecule has 0 spiro atoms. The molecule has 0 aromatic carbocycles. The quantitative estimate of drug-likeness (QED) is 0.595. The number of Topliss-reactive ketones (excluding diaryl/α,β-unsaturated/α-hetero) is 1. The van der Waals surface area contributed by atoms with Gasteiger partial charge in [-0.15, -0.1) is 0 Å². The maximum absolute atomic E-state index is 11.7. The number of fused-ring (bicyclic) bond motifs is 1. The summed E-state index contributed by atoms with van der Waals surface area (Å²) in [7, 11) is 2.01. The minimum absolute atomic E-state index is 0.135. The lowest BCUT2D eigenvalue weighted by Gasteiger charge is -2.29. The molecule has 0 amide bonds. The molecule has 1 aliphatic carbocycles. The van der Waals surface area contributed by atoms with Gasteiger partial charge in [0.1, 0.15) is 0 Å². The standard InChI is InChI=1S/C11H15NO/c1-11(2)6-9-8(10(13)7-11)4-5-12(9)3/h4-5H,6-7H2,1-3H3. The summed E-state index contributed by atoms with van der Waals surface area (Å²) >= 11 is 0. The normalized spacial score (nSPS) is 20.1. The molecule has 0 unspecified atom stereocenters. The third-order valence-corrected chi connectivity index (χ3v) is 2.79. The second-order valence-corrected chi connectivity index (χ2v) is 4.73. The van der Waals surface area contributed by atoms with Crippen molar-refractivity contribution in [2.45, 2.75) is 26.7 Å². The Morgan fingerprint density at radius 3 is 2.77 bits per heavy atom. The van der Waals surface area contributed by atoms with Crippen LogP contribution in [0.25, 0.3) is 0 Å². The summed E-state index contributed by atoms with van der Waals surface area (Å²) in [4.78, 5) is 11.7. The third kappa shape index (κ3) is 1.30. The van der Waals surface area contributed by atoms with E-state index < -0.39 is 0 Å². The third-order valence-electron chi connectivity index (χ3n) is 2.79. The van der Waals surface area contributed by atoms with E-state index in [0.717, 1.165) is 12.0 Å². The molecule has 13 heavy (non-hydrogen) atoms. The van der Waals surface area contributed by atoms with E-state index in [2.05, 4.69) is 18.4 Å². The predicted molar refractivity (Wildman–Crippen MR) is 51.8 cm³/mol. The van der Waals surface area contributed by atoms with Crippen molar-refractivity contribution < 1.29 is 4.79 Å². The molecular formula is C11H15NO. The van der Waals surface area contributed by atoms with Crippen LogP contribution in [0.3, 0.4) is 0 Å². The molecule has 0 N–H and O–H groups in total. The van der Waals surface area contributed by atoms with Gasteiger partial charge in [0.15, 0.2) is 5.78 Å². The fourth-order valence-corrected chi connectivity index (χ4v) is 2.08. The summed E-state index contributed by atoms with van der Waals surface area (Å²) < 4.78 is 2.06. The van der Waals surface area contributed by atoms with Crippen LogP contribution in [-0.4, -0.2) is 10.4 Å². The molecular weight excluding hydrogens is 162 g/mol. The number of hydrogen-bond donors (Lipinski definition) is 0. The van der Waals surface area contributed by atoms with Gasteiger partial charge in [0, 0.05) is 30.9 Å². The van der Waals surface area contributed by atoms with Crippen LogP contribution in [0.1, 0.15) is 36.3 Å². The fourth-order valence-electron chi connectivity index (χ4n) is 2.08. The van der Waals surface area contributed by atoms with Crippen molar-refractivity contribution in [3.05, 3.63) is 23.5 Å². The first-order chi connectivity index (χ1) is 5.99.